The summed E-state index contributed by atoms with van der Waals surface area (Å²) in [6, 6.07) is 23.8. The van der Waals surface area contributed by atoms with Crippen LogP contribution >= 0.6 is 31.9 Å². The van der Waals surface area contributed by atoms with Gasteiger partial charge in [0.2, 0.25) is 5.82 Å². The molecule has 0 aliphatic carbocycles. The Morgan fingerprint density at radius 2 is 1.78 bits per heavy atom. The molecule has 0 spiro atoms. The van der Waals surface area contributed by atoms with E-state index in [9.17, 15) is 14.0 Å². The van der Waals surface area contributed by atoms with Crippen LogP contribution in [-0.4, -0.2) is 35.0 Å². The van der Waals surface area contributed by atoms with Crippen molar-refractivity contribution < 1.29 is 23.1 Å². The third kappa shape index (κ3) is 6.24. The molecule has 226 valence electrons. The van der Waals surface area contributed by atoms with Gasteiger partial charge in [0.15, 0.2) is 23.9 Å². The van der Waals surface area contributed by atoms with Crippen molar-refractivity contribution in [3.05, 3.63) is 116 Å². The largest absolute Gasteiger partial charge is 0.490 e. The van der Waals surface area contributed by atoms with Gasteiger partial charge in [-0.2, -0.15) is 9.78 Å². The second kappa shape index (κ2) is 13.0. The number of halogens is 3. The monoisotopic (exact) mass is 732 g/mol. The molecule has 1 amide bonds. The Balaban J connectivity index is 1.36. The summed E-state index contributed by atoms with van der Waals surface area (Å²) in [5.41, 5.74) is 1.35. The molecule has 0 radical (unpaired) electrons. The van der Waals surface area contributed by atoms with Crippen LogP contribution in [0.4, 0.5) is 10.1 Å². The highest BCUT2D eigenvalue weighted by Gasteiger charge is 2.20. The van der Waals surface area contributed by atoms with E-state index in [0.29, 0.717) is 49.1 Å². The molecule has 9 nitrogen and oxygen atoms in total. The van der Waals surface area contributed by atoms with Crippen LogP contribution in [0.25, 0.3) is 33.5 Å². The van der Waals surface area contributed by atoms with Crippen molar-refractivity contribution in [3.8, 4) is 23.1 Å². The van der Waals surface area contributed by atoms with Gasteiger partial charge in [0, 0.05) is 15.4 Å². The van der Waals surface area contributed by atoms with Gasteiger partial charge >= 0.3 is 0 Å². The molecule has 0 unspecified atom stereocenters. The Labute approximate surface area is 272 Å². The van der Waals surface area contributed by atoms with E-state index in [0.717, 1.165) is 5.39 Å². The highest BCUT2D eigenvalue weighted by molar-refractivity contribution is 9.13. The Morgan fingerprint density at radius 1 is 1.02 bits per heavy atom. The fourth-order valence-electron chi connectivity index (χ4n) is 4.58. The van der Waals surface area contributed by atoms with Gasteiger partial charge < -0.3 is 19.2 Å². The number of furan rings is 1. The molecule has 0 aliphatic heterocycles. The first-order valence-electron chi connectivity index (χ1n) is 13.7. The van der Waals surface area contributed by atoms with Crippen LogP contribution in [0.1, 0.15) is 12.5 Å². The molecule has 2 aromatic heterocycles. The minimum Gasteiger partial charge on any atom is -0.490 e. The molecule has 2 heterocycles. The van der Waals surface area contributed by atoms with Crippen molar-refractivity contribution in [2.24, 2.45) is 5.10 Å². The molecule has 0 saturated heterocycles. The van der Waals surface area contributed by atoms with Crippen LogP contribution in [-0.2, 0) is 4.79 Å². The number of aromatic nitrogens is 2. The molecule has 0 aliphatic rings. The number of carbonyl (C=O) groups excluding carboxylic acids is 1. The lowest BCUT2D eigenvalue weighted by Gasteiger charge is -2.16. The number of ether oxygens (including phenoxy) is 2. The van der Waals surface area contributed by atoms with Gasteiger partial charge in [-0.1, -0.05) is 42.5 Å². The zero-order valence-corrected chi connectivity index (χ0v) is 26.8. The smallest absolute Gasteiger partial charge is 0.282 e. The molecular formula is C33H23Br2FN4O5. The third-order valence-corrected chi connectivity index (χ3v) is 8.81. The van der Waals surface area contributed by atoms with Gasteiger partial charge in [-0.15, -0.1) is 0 Å². The van der Waals surface area contributed by atoms with E-state index in [1.807, 2.05) is 36.4 Å². The lowest BCUT2D eigenvalue weighted by molar-refractivity contribution is -0.118. The maximum atomic E-state index is 14.0. The van der Waals surface area contributed by atoms with E-state index in [1.54, 1.807) is 37.3 Å². The van der Waals surface area contributed by atoms with Crippen LogP contribution in [0.3, 0.4) is 0 Å². The fourth-order valence-corrected chi connectivity index (χ4v) is 5.52. The van der Waals surface area contributed by atoms with E-state index in [1.165, 1.54) is 29.1 Å². The number of rotatable bonds is 9. The standard InChI is InChI=1S/C33H23Br2FN4O5/c1-2-43-26-16-20(29(34)30(35)31(26)44-18-28(41)38-24-13-7-5-11-22(24)36)17-37-40-32(27-15-19-9-3-8-14-25(19)45-27)39-23-12-6-4-10-21(23)33(40)42/h3-17H,2,18H2,1H3,(H,38,41). The van der Waals surface area contributed by atoms with Gasteiger partial charge in [-0.3, -0.25) is 9.59 Å². The molecule has 0 bridgehead atoms. The minimum atomic E-state index is -0.558. The van der Waals surface area contributed by atoms with Crippen molar-refractivity contribution in [1.29, 1.82) is 0 Å². The average molecular weight is 734 g/mol. The van der Waals surface area contributed by atoms with Gasteiger partial charge in [-0.05, 0) is 81.2 Å². The van der Waals surface area contributed by atoms with Crippen molar-refractivity contribution in [2.75, 3.05) is 18.5 Å². The summed E-state index contributed by atoms with van der Waals surface area (Å²) in [7, 11) is 0. The topological polar surface area (TPSA) is 108 Å². The normalized spacial score (nSPS) is 11.4. The number of anilines is 1. The van der Waals surface area contributed by atoms with Gasteiger partial charge in [-0.25, -0.2) is 9.37 Å². The van der Waals surface area contributed by atoms with Crippen molar-refractivity contribution in [3.63, 3.8) is 0 Å². The summed E-state index contributed by atoms with van der Waals surface area (Å²) in [6.07, 6.45) is 1.48. The second-order valence-corrected chi connectivity index (χ2v) is 11.2. The Morgan fingerprint density at radius 3 is 2.58 bits per heavy atom. The van der Waals surface area contributed by atoms with E-state index in [-0.39, 0.29) is 22.8 Å². The summed E-state index contributed by atoms with van der Waals surface area (Å²) in [6.45, 7) is 1.69. The molecule has 6 rings (SSSR count). The molecule has 0 saturated carbocycles. The molecular weight excluding hydrogens is 711 g/mol. The first kappa shape index (κ1) is 30.2. The molecule has 0 fully saturated rings. The predicted octanol–water partition coefficient (Wildman–Crippen LogP) is 7.77. The van der Waals surface area contributed by atoms with E-state index in [2.05, 4.69) is 42.3 Å². The maximum absolute atomic E-state index is 14.0. The Bertz CT molecular complexity index is 2130. The molecule has 6 aromatic rings. The number of nitrogens with one attached hydrogen (secondary N) is 1. The lowest BCUT2D eigenvalue weighted by Crippen LogP contribution is -2.21. The minimum absolute atomic E-state index is 0.0448. The zero-order valence-electron chi connectivity index (χ0n) is 23.6. The fraction of sp³-hybridized carbons (Fsp3) is 0.0909. The number of para-hydroxylation sites is 3. The van der Waals surface area contributed by atoms with E-state index < -0.39 is 18.3 Å². The predicted molar refractivity (Wildman–Crippen MR) is 178 cm³/mol. The van der Waals surface area contributed by atoms with Gasteiger partial charge in [0.25, 0.3) is 11.5 Å². The maximum Gasteiger partial charge on any atom is 0.282 e. The number of amides is 1. The SMILES string of the molecule is CCOc1cc(C=Nn2c(-c3cc4ccccc4o3)nc3ccccc3c2=O)c(Br)c(Br)c1OCC(=O)Nc1ccccc1F. The molecule has 0 atom stereocenters. The lowest BCUT2D eigenvalue weighted by atomic mass is 10.2. The number of benzene rings is 4. The molecule has 12 heteroatoms. The van der Waals surface area contributed by atoms with Crippen LogP contribution < -0.4 is 20.3 Å². The third-order valence-electron chi connectivity index (χ3n) is 6.66. The summed E-state index contributed by atoms with van der Waals surface area (Å²) in [5.74, 6) is 0.0532. The van der Waals surface area contributed by atoms with Gasteiger partial charge in [0.05, 0.1) is 33.9 Å². The number of fused-ring (bicyclic) bond motifs is 2. The van der Waals surface area contributed by atoms with Crippen LogP contribution in [0.5, 0.6) is 11.5 Å². The highest BCUT2D eigenvalue weighted by atomic mass is 79.9. The first-order valence-corrected chi connectivity index (χ1v) is 15.3. The Kier molecular flexibility index (Phi) is 8.76. The van der Waals surface area contributed by atoms with Crippen LogP contribution in [0.2, 0.25) is 0 Å². The molecule has 4 aromatic carbocycles. The summed E-state index contributed by atoms with van der Waals surface area (Å²) in [4.78, 5) is 30.9. The number of hydrogen-bond acceptors (Lipinski definition) is 7. The average Bonchev–Trinajstić information content (AvgIpc) is 3.48. The van der Waals surface area contributed by atoms with E-state index in [4.69, 9.17) is 18.9 Å². The summed E-state index contributed by atoms with van der Waals surface area (Å²) < 4.78 is 33.8. The number of hydrogen-bond donors (Lipinski definition) is 1. The quantitative estimate of drug-likeness (QED) is 0.152. The number of nitrogens with zero attached hydrogens (tertiary/aromatic N) is 3. The Hall–Kier alpha value is -4.81. The molecule has 1 N–H and O–H groups in total. The first-order chi connectivity index (χ1) is 21.8. The molecule has 45 heavy (non-hydrogen) atoms. The summed E-state index contributed by atoms with van der Waals surface area (Å²) in [5, 5.41) is 8.28. The zero-order chi connectivity index (χ0) is 31.5. The highest BCUT2D eigenvalue weighted by Crippen LogP contribution is 2.42. The van der Waals surface area contributed by atoms with Gasteiger partial charge in [0.1, 0.15) is 11.4 Å². The van der Waals surface area contributed by atoms with Crippen molar-refractivity contribution >= 4 is 71.5 Å². The van der Waals surface area contributed by atoms with E-state index >= 15 is 0 Å². The number of carbonyl (C=O) groups is 1. The van der Waals surface area contributed by atoms with Crippen molar-refractivity contribution in [2.45, 2.75) is 6.92 Å². The van der Waals surface area contributed by atoms with Crippen LogP contribution in [0, 0.1) is 5.82 Å². The van der Waals surface area contributed by atoms with Crippen molar-refractivity contribution in [1.82, 2.24) is 9.66 Å². The van der Waals surface area contributed by atoms with Crippen LogP contribution in [0.15, 0.2) is 108 Å². The summed E-state index contributed by atoms with van der Waals surface area (Å²) >= 11 is 7.08. The second-order valence-electron chi connectivity index (χ2n) is 9.63.